The zero-order valence-electron chi connectivity index (χ0n) is 9.21. The average Bonchev–Trinajstić information content (AvgIpc) is 2.35. The van der Waals surface area contributed by atoms with Crippen molar-refractivity contribution in [2.45, 2.75) is 11.2 Å². The fourth-order valence-electron chi connectivity index (χ4n) is 1.59. The quantitative estimate of drug-likeness (QED) is 0.694. The van der Waals surface area contributed by atoms with Crippen molar-refractivity contribution in [3.8, 4) is 0 Å². The third kappa shape index (κ3) is 3.22. The van der Waals surface area contributed by atoms with E-state index in [1.165, 1.54) is 6.07 Å². The van der Waals surface area contributed by atoms with Gasteiger partial charge in [-0.1, -0.05) is 45.2 Å². The summed E-state index contributed by atoms with van der Waals surface area (Å²) >= 11 is 15.2. The van der Waals surface area contributed by atoms with Crippen LogP contribution in [-0.4, -0.2) is 4.98 Å². The Kier molecular flexibility index (Phi) is 4.60. The molecule has 1 heterocycles. The van der Waals surface area contributed by atoms with Gasteiger partial charge in [0.15, 0.2) is 0 Å². The summed E-state index contributed by atoms with van der Waals surface area (Å²) in [6.07, 6.45) is 3.94. The largest absolute Gasteiger partial charge is 0.263 e. The summed E-state index contributed by atoms with van der Waals surface area (Å²) in [5, 5.41) is 0.733. The lowest BCUT2D eigenvalue weighted by molar-refractivity contribution is 0.625. The van der Waals surface area contributed by atoms with Crippen molar-refractivity contribution in [1.82, 2.24) is 4.98 Å². The van der Waals surface area contributed by atoms with Crippen molar-refractivity contribution in [2.24, 2.45) is 0 Å². The standard InChI is InChI=1S/C13H9BrCl2FN/c14-10(5-9-3-4-18-7-12(9)16)8-1-2-11(15)13(17)6-8/h1-4,6-7,10H,5H2. The minimum absolute atomic E-state index is 0.0239. The molecule has 0 aliphatic heterocycles. The van der Waals surface area contributed by atoms with Gasteiger partial charge in [-0.15, -0.1) is 0 Å². The second-order valence-electron chi connectivity index (χ2n) is 3.81. The molecule has 5 heteroatoms. The predicted octanol–water partition coefficient (Wildman–Crippen LogP) is 5.21. The van der Waals surface area contributed by atoms with Crippen LogP contribution < -0.4 is 0 Å². The van der Waals surface area contributed by atoms with Crippen LogP contribution in [0, 0.1) is 5.82 Å². The summed E-state index contributed by atoms with van der Waals surface area (Å²) in [6.45, 7) is 0. The molecule has 0 spiro atoms. The van der Waals surface area contributed by atoms with Crippen molar-refractivity contribution < 1.29 is 4.39 Å². The van der Waals surface area contributed by atoms with Crippen molar-refractivity contribution >= 4 is 39.1 Å². The van der Waals surface area contributed by atoms with Crippen molar-refractivity contribution in [3.63, 3.8) is 0 Å². The molecular formula is C13H9BrCl2FN. The maximum Gasteiger partial charge on any atom is 0.142 e. The first kappa shape index (κ1) is 13.8. The smallest absolute Gasteiger partial charge is 0.142 e. The molecule has 0 N–H and O–H groups in total. The summed E-state index contributed by atoms with van der Waals surface area (Å²) in [7, 11) is 0. The Morgan fingerprint density at radius 2 is 2.00 bits per heavy atom. The second-order valence-corrected chi connectivity index (χ2v) is 5.73. The zero-order chi connectivity index (χ0) is 13.1. The van der Waals surface area contributed by atoms with Crippen LogP contribution in [0.3, 0.4) is 0 Å². The third-order valence-corrected chi connectivity index (χ3v) is 4.06. The molecule has 0 saturated heterocycles. The number of alkyl halides is 1. The van der Waals surface area contributed by atoms with Gasteiger partial charge < -0.3 is 0 Å². The number of halogens is 4. The average molecular weight is 349 g/mol. The van der Waals surface area contributed by atoms with Crippen LogP contribution >= 0.6 is 39.1 Å². The van der Waals surface area contributed by atoms with Crippen molar-refractivity contribution in [2.75, 3.05) is 0 Å². The normalized spacial score (nSPS) is 12.4. The van der Waals surface area contributed by atoms with Gasteiger partial charge in [0.05, 0.1) is 10.0 Å². The first-order valence-electron chi connectivity index (χ1n) is 5.25. The van der Waals surface area contributed by atoms with E-state index in [-0.39, 0.29) is 9.85 Å². The number of aromatic nitrogens is 1. The van der Waals surface area contributed by atoms with Crippen LogP contribution in [0.4, 0.5) is 4.39 Å². The number of pyridine rings is 1. The molecule has 1 aromatic heterocycles. The van der Waals surface area contributed by atoms with E-state index in [2.05, 4.69) is 20.9 Å². The zero-order valence-corrected chi connectivity index (χ0v) is 12.3. The van der Waals surface area contributed by atoms with Crippen LogP contribution in [0.2, 0.25) is 10.0 Å². The Balaban J connectivity index is 2.19. The van der Waals surface area contributed by atoms with Gasteiger partial charge >= 0.3 is 0 Å². The van der Waals surface area contributed by atoms with Gasteiger partial charge in [-0.3, -0.25) is 4.98 Å². The molecule has 2 rings (SSSR count). The summed E-state index contributed by atoms with van der Waals surface area (Å²) in [5.74, 6) is -0.417. The van der Waals surface area contributed by atoms with Gasteiger partial charge in [0.1, 0.15) is 5.82 Å². The molecule has 1 unspecified atom stereocenters. The lowest BCUT2D eigenvalue weighted by Crippen LogP contribution is -1.97. The van der Waals surface area contributed by atoms with Gasteiger partial charge in [0.25, 0.3) is 0 Å². The predicted molar refractivity (Wildman–Crippen MR) is 76.0 cm³/mol. The minimum Gasteiger partial charge on any atom is -0.263 e. The molecule has 18 heavy (non-hydrogen) atoms. The van der Waals surface area contributed by atoms with Crippen LogP contribution in [0.1, 0.15) is 16.0 Å². The molecule has 0 bridgehead atoms. The SMILES string of the molecule is Fc1cc(C(Br)Cc2ccncc2Cl)ccc1Cl. The molecule has 0 fully saturated rings. The molecule has 1 atom stereocenters. The summed E-state index contributed by atoms with van der Waals surface area (Å²) < 4.78 is 13.4. The highest BCUT2D eigenvalue weighted by molar-refractivity contribution is 9.09. The number of hydrogen-bond donors (Lipinski definition) is 0. The molecule has 0 saturated carbocycles. The molecule has 0 amide bonds. The number of rotatable bonds is 3. The van der Waals surface area contributed by atoms with E-state index in [4.69, 9.17) is 23.2 Å². The Bertz CT molecular complexity index is 562. The van der Waals surface area contributed by atoms with Crippen LogP contribution in [0.5, 0.6) is 0 Å². The lowest BCUT2D eigenvalue weighted by atomic mass is 10.1. The van der Waals surface area contributed by atoms with Crippen LogP contribution in [0.15, 0.2) is 36.7 Å². The molecule has 1 aromatic carbocycles. The fraction of sp³-hybridized carbons (Fsp3) is 0.154. The highest BCUT2D eigenvalue weighted by Crippen LogP contribution is 2.31. The van der Waals surface area contributed by atoms with Gasteiger partial charge in [-0.05, 0) is 35.7 Å². The lowest BCUT2D eigenvalue weighted by Gasteiger charge is -2.11. The number of hydrogen-bond acceptors (Lipinski definition) is 1. The Morgan fingerprint density at radius 1 is 1.22 bits per heavy atom. The Morgan fingerprint density at radius 3 is 2.67 bits per heavy atom. The maximum atomic E-state index is 13.4. The van der Waals surface area contributed by atoms with E-state index in [0.717, 1.165) is 11.1 Å². The van der Waals surface area contributed by atoms with E-state index >= 15 is 0 Å². The molecule has 2 aromatic rings. The number of nitrogens with zero attached hydrogens (tertiary/aromatic N) is 1. The Hall–Kier alpha value is -0.640. The maximum absolute atomic E-state index is 13.4. The second kappa shape index (κ2) is 6.00. The van der Waals surface area contributed by atoms with E-state index in [1.807, 2.05) is 6.07 Å². The van der Waals surface area contributed by atoms with E-state index in [1.54, 1.807) is 24.5 Å². The molecule has 1 nitrogen and oxygen atoms in total. The first-order valence-corrected chi connectivity index (χ1v) is 6.92. The molecular weight excluding hydrogens is 340 g/mol. The van der Waals surface area contributed by atoms with Crippen LogP contribution in [-0.2, 0) is 6.42 Å². The summed E-state index contributed by atoms with van der Waals surface area (Å²) in [4.78, 5) is 3.90. The third-order valence-electron chi connectivity index (χ3n) is 2.56. The number of benzene rings is 1. The fourth-order valence-corrected chi connectivity index (χ4v) is 2.54. The van der Waals surface area contributed by atoms with E-state index in [0.29, 0.717) is 11.4 Å². The van der Waals surface area contributed by atoms with Gasteiger partial charge in [0.2, 0.25) is 0 Å². The molecule has 94 valence electrons. The van der Waals surface area contributed by atoms with Gasteiger partial charge in [-0.25, -0.2) is 4.39 Å². The molecule has 0 aliphatic carbocycles. The summed E-state index contributed by atoms with van der Waals surface area (Å²) in [5.41, 5.74) is 1.79. The van der Waals surface area contributed by atoms with Gasteiger partial charge in [-0.2, -0.15) is 0 Å². The monoisotopic (exact) mass is 347 g/mol. The highest BCUT2D eigenvalue weighted by Gasteiger charge is 2.12. The molecule has 0 radical (unpaired) electrons. The van der Waals surface area contributed by atoms with Crippen LogP contribution in [0.25, 0.3) is 0 Å². The van der Waals surface area contributed by atoms with E-state index in [9.17, 15) is 4.39 Å². The van der Waals surface area contributed by atoms with Crippen molar-refractivity contribution in [1.29, 1.82) is 0 Å². The van der Waals surface area contributed by atoms with E-state index < -0.39 is 5.82 Å². The topological polar surface area (TPSA) is 12.9 Å². The first-order chi connectivity index (χ1) is 8.58. The summed E-state index contributed by atoms with van der Waals surface area (Å²) in [6, 6.07) is 6.62. The minimum atomic E-state index is -0.417. The Labute approximate surface area is 123 Å². The van der Waals surface area contributed by atoms with Gasteiger partial charge in [0, 0.05) is 17.2 Å². The molecule has 0 aliphatic rings. The highest BCUT2D eigenvalue weighted by atomic mass is 79.9. The van der Waals surface area contributed by atoms with Crippen molar-refractivity contribution in [3.05, 3.63) is 63.6 Å².